The van der Waals surface area contributed by atoms with E-state index in [-0.39, 0.29) is 12.8 Å². The molecule has 11 nitrogen and oxygen atoms in total. The molecule has 0 saturated carbocycles. The van der Waals surface area contributed by atoms with Crippen LogP contribution < -0.4 is 0 Å². The molecule has 156 valence electrons. The number of hydrogen-bond acceptors (Lipinski definition) is 8. The second-order valence-corrected chi connectivity index (χ2v) is 8.04. The molecular formula is C18H18N5O6P. The number of rotatable bonds is 6. The van der Waals surface area contributed by atoms with Gasteiger partial charge in [-0.05, 0) is 11.6 Å². The first-order valence-electron chi connectivity index (χ1n) is 9.03. The molecule has 3 atom stereocenters. The van der Waals surface area contributed by atoms with E-state index in [1.807, 2.05) is 24.3 Å². The Morgan fingerprint density at radius 1 is 1.33 bits per heavy atom. The highest BCUT2D eigenvalue weighted by Gasteiger charge is 2.37. The molecule has 1 saturated heterocycles. The van der Waals surface area contributed by atoms with Crippen LogP contribution in [0, 0.1) is 11.3 Å². The maximum atomic E-state index is 10.9. The van der Waals surface area contributed by atoms with Crippen LogP contribution in [0.3, 0.4) is 0 Å². The fraction of sp³-hybridized carbons (Fsp3) is 0.333. The van der Waals surface area contributed by atoms with Crippen molar-refractivity contribution >= 4 is 19.0 Å². The number of hydrogen-bond donors (Lipinski definition) is 3. The molecule has 0 radical (unpaired) electrons. The van der Waals surface area contributed by atoms with Crippen molar-refractivity contribution in [3.63, 3.8) is 0 Å². The van der Waals surface area contributed by atoms with Crippen molar-refractivity contribution in [1.82, 2.24) is 19.5 Å². The van der Waals surface area contributed by atoms with Crippen LogP contribution in [-0.2, 0) is 20.2 Å². The maximum Gasteiger partial charge on any atom is 0.469 e. The predicted octanol–water partition coefficient (Wildman–Crippen LogP) is 1.32. The molecular weight excluding hydrogens is 413 g/mol. The minimum absolute atomic E-state index is 0.178. The van der Waals surface area contributed by atoms with Crippen molar-refractivity contribution in [3.8, 4) is 17.3 Å². The Morgan fingerprint density at radius 2 is 2.17 bits per heavy atom. The van der Waals surface area contributed by atoms with Crippen LogP contribution in [-0.4, -0.2) is 53.2 Å². The van der Waals surface area contributed by atoms with Crippen LogP contribution >= 0.6 is 7.82 Å². The third-order valence-electron chi connectivity index (χ3n) is 4.76. The van der Waals surface area contributed by atoms with Gasteiger partial charge in [0, 0.05) is 12.0 Å². The predicted molar refractivity (Wildman–Crippen MR) is 103 cm³/mol. The molecule has 4 rings (SSSR count). The van der Waals surface area contributed by atoms with Gasteiger partial charge in [-0.2, -0.15) is 5.26 Å². The topological polar surface area (TPSA) is 164 Å². The van der Waals surface area contributed by atoms with Gasteiger partial charge in [0.25, 0.3) is 0 Å². The van der Waals surface area contributed by atoms with Crippen molar-refractivity contribution in [2.45, 2.75) is 31.3 Å². The number of fused-ring (bicyclic) bond motifs is 1. The van der Waals surface area contributed by atoms with E-state index >= 15 is 0 Å². The van der Waals surface area contributed by atoms with E-state index in [4.69, 9.17) is 19.8 Å². The van der Waals surface area contributed by atoms with Gasteiger partial charge < -0.3 is 19.6 Å². The number of phosphoric ester groups is 1. The van der Waals surface area contributed by atoms with Crippen LogP contribution in [0.5, 0.6) is 0 Å². The van der Waals surface area contributed by atoms with Gasteiger partial charge in [-0.3, -0.25) is 9.09 Å². The molecule has 12 heteroatoms. The number of aliphatic hydroxyl groups is 1. The first-order chi connectivity index (χ1) is 14.4. The van der Waals surface area contributed by atoms with Gasteiger partial charge in [0.05, 0.1) is 31.5 Å². The summed E-state index contributed by atoms with van der Waals surface area (Å²) in [5.41, 5.74) is 3.26. The largest absolute Gasteiger partial charge is 0.469 e. The summed E-state index contributed by atoms with van der Waals surface area (Å²) in [6, 6.07) is 9.56. The Hall–Kier alpha value is -2.71. The zero-order valence-corrected chi connectivity index (χ0v) is 16.5. The van der Waals surface area contributed by atoms with E-state index in [1.54, 1.807) is 4.57 Å². The van der Waals surface area contributed by atoms with Gasteiger partial charge >= 0.3 is 7.82 Å². The third-order valence-corrected chi connectivity index (χ3v) is 5.25. The lowest BCUT2D eigenvalue weighted by atomic mass is 10.1. The minimum Gasteiger partial charge on any atom is -0.390 e. The zero-order valence-electron chi connectivity index (χ0n) is 15.6. The molecule has 3 heterocycles. The minimum atomic E-state index is -4.66. The fourth-order valence-electron chi connectivity index (χ4n) is 3.40. The lowest BCUT2D eigenvalue weighted by molar-refractivity contribution is -0.0424. The first kappa shape index (κ1) is 20.6. The third kappa shape index (κ3) is 4.24. The summed E-state index contributed by atoms with van der Waals surface area (Å²) in [4.78, 5) is 30.7. The number of benzene rings is 1. The van der Waals surface area contributed by atoms with Crippen LogP contribution in [0.25, 0.3) is 22.4 Å². The van der Waals surface area contributed by atoms with Gasteiger partial charge in [-0.25, -0.2) is 19.5 Å². The fourth-order valence-corrected chi connectivity index (χ4v) is 3.74. The highest BCUT2D eigenvalue weighted by Crippen LogP contribution is 2.39. The highest BCUT2D eigenvalue weighted by molar-refractivity contribution is 7.46. The van der Waals surface area contributed by atoms with Gasteiger partial charge in [-0.15, -0.1) is 0 Å². The van der Waals surface area contributed by atoms with Gasteiger partial charge in [0.1, 0.15) is 29.9 Å². The number of ether oxygens (including phenoxy) is 1. The van der Waals surface area contributed by atoms with Gasteiger partial charge in [0.15, 0.2) is 5.65 Å². The molecule has 1 aromatic carbocycles. The molecule has 1 aliphatic rings. The Morgan fingerprint density at radius 3 is 2.93 bits per heavy atom. The van der Waals surface area contributed by atoms with Crippen molar-refractivity contribution in [3.05, 3.63) is 42.5 Å². The summed E-state index contributed by atoms with van der Waals surface area (Å²) < 4.78 is 22.7. The second kappa shape index (κ2) is 8.20. The van der Waals surface area contributed by atoms with Crippen molar-refractivity contribution in [2.75, 3.05) is 6.61 Å². The smallest absolute Gasteiger partial charge is 0.390 e. The molecule has 3 N–H and O–H groups in total. The number of aromatic nitrogens is 4. The molecule has 2 aromatic heterocycles. The van der Waals surface area contributed by atoms with E-state index in [9.17, 15) is 9.67 Å². The van der Waals surface area contributed by atoms with Gasteiger partial charge in [-0.1, -0.05) is 18.2 Å². The molecule has 3 aromatic rings. The lowest BCUT2D eigenvalue weighted by Crippen LogP contribution is -2.25. The average molecular weight is 431 g/mol. The number of nitriles is 1. The first-order valence-corrected chi connectivity index (χ1v) is 10.6. The SMILES string of the molecule is N#CCc1cccc(-c2ncnc3c2ncn3[C@H]2C[C@H](O)[C@@H](COP(=O)(O)O)O2)c1. The van der Waals surface area contributed by atoms with Gasteiger partial charge in [0.2, 0.25) is 0 Å². The molecule has 0 spiro atoms. The van der Waals surface area contributed by atoms with Crippen molar-refractivity contribution < 1.29 is 28.7 Å². The van der Waals surface area contributed by atoms with E-state index in [2.05, 4.69) is 25.5 Å². The van der Waals surface area contributed by atoms with Crippen LogP contribution in [0.1, 0.15) is 18.2 Å². The zero-order chi connectivity index (χ0) is 21.3. The Balaban J connectivity index is 1.62. The lowest BCUT2D eigenvalue weighted by Gasteiger charge is -2.16. The Kier molecular flexibility index (Phi) is 5.62. The van der Waals surface area contributed by atoms with Crippen molar-refractivity contribution in [2.24, 2.45) is 0 Å². The highest BCUT2D eigenvalue weighted by atomic mass is 31.2. The number of aliphatic hydroxyl groups excluding tert-OH is 1. The van der Waals surface area contributed by atoms with E-state index in [0.29, 0.717) is 16.9 Å². The number of imidazole rings is 1. The second-order valence-electron chi connectivity index (χ2n) is 6.80. The van der Waals surface area contributed by atoms with E-state index in [1.165, 1.54) is 12.7 Å². The van der Waals surface area contributed by atoms with Crippen LogP contribution in [0.2, 0.25) is 0 Å². The summed E-state index contributed by atoms with van der Waals surface area (Å²) in [6.45, 7) is -0.444. The molecule has 1 fully saturated rings. The Bertz CT molecular complexity index is 1160. The average Bonchev–Trinajstić information content (AvgIpc) is 3.29. The monoisotopic (exact) mass is 431 g/mol. The Labute approximate surface area is 170 Å². The number of nitrogens with zero attached hydrogens (tertiary/aromatic N) is 5. The molecule has 0 amide bonds. The summed E-state index contributed by atoms with van der Waals surface area (Å²) >= 11 is 0. The van der Waals surface area contributed by atoms with E-state index in [0.717, 1.165) is 11.1 Å². The molecule has 30 heavy (non-hydrogen) atoms. The van der Waals surface area contributed by atoms with Crippen LogP contribution in [0.15, 0.2) is 36.9 Å². The van der Waals surface area contributed by atoms with E-state index < -0.39 is 32.9 Å². The maximum absolute atomic E-state index is 10.9. The molecule has 0 unspecified atom stereocenters. The molecule has 1 aliphatic heterocycles. The molecule has 0 bridgehead atoms. The quantitative estimate of drug-likeness (QED) is 0.485. The normalized spacial score (nSPS) is 21.7. The summed E-state index contributed by atoms with van der Waals surface area (Å²) in [7, 11) is -4.66. The summed E-state index contributed by atoms with van der Waals surface area (Å²) in [5, 5.41) is 19.1. The van der Waals surface area contributed by atoms with Crippen LogP contribution in [0.4, 0.5) is 0 Å². The summed E-state index contributed by atoms with van der Waals surface area (Å²) in [5.74, 6) is 0. The molecule has 0 aliphatic carbocycles. The van der Waals surface area contributed by atoms with Crippen molar-refractivity contribution in [1.29, 1.82) is 5.26 Å². The summed E-state index contributed by atoms with van der Waals surface area (Å²) in [6.07, 6.45) is 0.869. The number of phosphoric acid groups is 1. The standard InChI is InChI=1S/C18H18N5O6P/c19-5-4-11-2-1-3-12(6-11)16-17-18(21-9-20-16)23(10-22-17)15-7-13(24)14(29-15)8-28-30(25,26)27/h1-3,6,9-10,13-15,24H,4,7-8H2,(H2,25,26,27)/t13-,14+,15+/m0/s1.